The maximum Gasteiger partial charge on any atom is 0.317 e. The molecule has 0 aromatic carbocycles. The van der Waals surface area contributed by atoms with Gasteiger partial charge >= 0.3 is 5.69 Å². The Balaban J connectivity index is 3.70. The molecule has 1 heterocycles. The summed E-state index contributed by atoms with van der Waals surface area (Å²) < 4.78 is 4.91. The van der Waals surface area contributed by atoms with E-state index in [9.17, 15) is 10.1 Å². The molecule has 0 bridgehead atoms. The van der Waals surface area contributed by atoms with Gasteiger partial charge in [-0.2, -0.15) is 5.26 Å². The van der Waals surface area contributed by atoms with E-state index in [0.29, 0.717) is 5.69 Å². The zero-order chi connectivity index (χ0) is 13.9. The number of rotatable bonds is 4. The number of nitriles is 1. The lowest BCUT2D eigenvalue weighted by Crippen LogP contribution is -2.16. The summed E-state index contributed by atoms with van der Waals surface area (Å²) >= 11 is 0. The quantitative estimate of drug-likeness (QED) is 0.592. The fourth-order valence-electron chi connectivity index (χ4n) is 1.74. The summed E-state index contributed by atoms with van der Waals surface area (Å²) in [4.78, 5) is 16.3. The third-order valence-corrected chi connectivity index (χ3v) is 2.42. The highest BCUT2D eigenvalue weighted by atomic mass is 16.6. The molecule has 0 spiro atoms. The molecule has 7 nitrogen and oxygen atoms in total. The lowest BCUT2D eigenvalue weighted by Gasteiger charge is -2.17. The molecule has 0 saturated carbocycles. The van der Waals surface area contributed by atoms with E-state index in [1.54, 1.807) is 25.9 Å². The van der Waals surface area contributed by atoms with Crippen LogP contribution in [0.2, 0.25) is 0 Å². The van der Waals surface area contributed by atoms with Crippen molar-refractivity contribution >= 4 is 11.4 Å². The third-order valence-electron chi connectivity index (χ3n) is 2.42. The van der Waals surface area contributed by atoms with Gasteiger partial charge in [-0.15, -0.1) is 0 Å². The minimum atomic E-state index is -0.531. The summed E-state index contributed by atoms with van der Waals surface area (Å²) in [5.41, 5.74) is 0.985. The molecule has 1 aromatic heterocycles. The zero-order valence-electron chi connectivity index (χ0n) is 10.7. The van der Waals surface area contributed by atoms with Crippen LogP contribution in [0.5, 0.6) is 0 Å². The van der Waals surface area contributed by atoms with Crippen LogP contribution in [-0.4, -0.2) is 31.1 Å². The molecular formula is C11H14N4O3. The van der Waals surface area contributed by atoms with E-state index < -0.39 is 4.92 Å². The lowest BCUT2D eigenvalue weighted by atomic mass is 10.1. The standard InChI is InChI=1S/C11H14N4O3/c1-7-8(5-12)10(14(2)3)11(15(16)17)9(13-7)6-18-4/h6H2,1-4H3. The van der Waals surface area contributed by atoms with Crippen molar-refractivity contribution in [2.45, 2.75) is 13.5 Å². The second-order valence-electron chi connectivity index (χ2n) is 3.91. The monoisotopic (exact) mass is 250 g/mol. The van der Waals surface area contributed by atoms with Gasteiger partial charge in [-0.1, -0.05) is 0 Å². The van der Waals surface area contributed by atoms with Crippen LogP contribution in [0, 0.1) is 28.4 Å². The molecule has 0 aliphatic carbocycles. The van der Waals surface area contributed by atoms with Crippen molar-refractivity contribution in [3.05, 3.63) is 27.1 Å². The maximum absolute atomic E-state index is 11.2. The smallest absolute Gasteiger partial charge is 0.317 e. The predicted octanol–water partition coefficient (Wildman–Crippen LogP) is 1.38. The van der Waals surface area contributed by atoms with Gasteiger partial charge in [0.25, 0.3) is 0 Å². The van der Waals surface area contributed by atoms with Crippen LogP contribution in [0.1, 0.15) is 17.0 Å². The Morgan fingerprint density at radius 3 is 2.56 bits per heavy atom. The minimum absolute atomic E-state index is 0.0315. The van der Waals surface area contributed by atoms with Gasteiger partial charge in [-0.25, -0.2) is 4.98 Å². The number of nitrogens with zero attached hydrogens (tertiary/aromatic N) is 4. The van der Waals surface area contributed by atoms with Crippen LogP contribution < -0.4 is 4.90 Å². The Kier molecular flexibility index (Phi) is 4.18. The molecule has 0 fully saturated rings. The molecule has 0 aliphatic rings. The van der Waals surface area contributed by atoms with E-state index in [0.717, 1.165) is 0 Å². The molecule has 0 atom stereocenters. The first-order valence-electron chi connectivity index (χ1n) is 5.18. The molecule has 0 N–H and O–H groups in total. The van der Waals surface area contributed by atoms with Crippen LogP contribution in [0.15, 0.2) is 0 Å². The number of hydrogen-bond acceptors (Lipinski definition) is 6. The average molecular weight is 250 g/mol. The van der Waals surface area contributed by atoms with Crippen LogP contribution in [0.25, 0.3) is 0 Å². The van der Waals surface area contributed by atoms with Crippen molar-refractivity contribution in [1.82, 2.24) is 4.98 Å². The second-order valence-corrected chi connectivity index (χ2v) is 3.91. The number of nitro groups is 1. The number of hydrogen-bond donors (Lipinski definition) is 0. The van der Waals surface area contributed by atoms with Crippen molar-refractivity contribution in [1.29, 1.82) is 5.26 Å². The summed E-state index contributed by atoms with van der Waals surface area (Å²) in [5.74, 6) is 0. The highest BCUT2D eigenvalue weighted by Crippen LogP contribution is 2.34. The van der Waals surface area contributed by atoms with E-state index in [-0.39, 0.29) is 29.2 Å². The molecule has 0 aliphatic heterocycles. The van der Waals surface area contributed by atoms with Gasteiger partial charge in [0.05, 0.1) is 17.2 Å². The Morgan fingerprint density at radius 2 is 2.17 bits per heavy atom. The van der Waals surface area contributed by atoms with Gasteiger partial charge in [0.15, 0.2) is 0 Å². The van der Waals surface area contributed by atoms with Gasteiger partial charge in [0.2, 0.25) is 0 Å². The molecular weight excluding hydrogens is 236 g/mol. The predicted molar refractivity (Wildman–Crippen MR) is 65.4 cm³/mol. The summed E-state index contributed by atoms with van der Waals surface area (Å²) in [7, 11) is 4.74. The number of aromatic nitrogens is 1. The molecule has 18 heavy (non-hydrogen) atoms. The van der Waals surface area contributed by atoms with Crippen LogP contribution in [0.4, 0.5) is 11.4 Å². The molecule has 0 amide bonds. The highest BCUT2D eigenvalue weighted by Gasteiger charge is 2.27. The molecule has 1 aromatic rings. The SMILES string of the molecule is COCc1nc(C)c(C#N)c(N(C)C)c1[N+](=O)[O-]. The summed E-state index contributed by atoms with van der Waals surface area (Å²) in [6.07, 6.45) is 0. The minimum Gasteiger partial charge on any atom is -0.378 e. The first kappa shape index (κ1) is 13.9. The molecule has 0 unspecified atom stereocenters. The van der Waals surface area contributed by atoms with Crippen molar-refractivity contribution in [2.75, 3.05) is 26.1 Å². The Morgan fingerprint density at radius 1 is 1.56 bits per heavy atom. The third kappa shape index (κ3) is 2.38. The van der Waals surface area contributed by atoms with Crippen molar-refractivity contribution < 1.29 is 9.66 Å². The highest BCUT2D eigenvalue weighted by molar-refractivity contribution is 5.73. The van der Waals surface area contributed by atoms with Gasteiger partial charge in [-0.3, -0.25) is 10.1 Å². The maximum atomic E-state index is 11.2. The largest absolute Gasteiger partial charge is 0.378 e. The molecule has 96 valence electrons. The number of methoxy groups -OCH3 is 1. The summed E-state index contributed by atoms with van der Waals surface area (Å²) in [6.45, 7) is 1.68. The molecule has 7 heteroatoms. The molecule has 1 rings (SSSR count). The Bertz CT molecular complexity index is 520. The van der Waals surface area contributed by atoms with E-state index in [1.165, 1.54) is 7.11 Å². The first-order valence-corrected chi connectivity index (χ1v) is 5.18. The van der Waals surface area contributed by atoms with Gasteiger partial charge in [0.1, 0.15) is 23.0 Å². The molecule has 0 saturated heterocycles. The summed E-state index contributed by atoms with van der Waals surface area (Å²) in [6, 6.07) is 1.96. The van der Waals surface area contributed by atoms with Gasteiger partial charge < -0.3 is 9.64 Å². The van der Waals surface area contributed by atoms with E-state index in [4.69, 9.17) is 10.00 Å². The van der Waals surface area contributed by atoms with Gasteiger partial charge in [0, 0.05) is 21.2 Å². The lowest BCUT2D eigenvalue weighted by molar-refractivity contribution is -0.385. The number of aryl methyl sites for hydroxylation is 1. The Hall–Kier alpha value is -2.20. The van der Waals surface area contributed by atoms with Crippen LogP contribution in [0.3, 0.4) is 0 Å². The van der Waals surface area contributed by atoms with Gasteiger partial charge in [-0.05, 0) is 6.92 Å². The van der Waals surface area contributed by atoms with Crippen LogP contribution in [-0.2, 0) is 11.3 Å². The van der Waals surface area contributed by atoms with E-state index in [2.05, 4.69) is 4.98 Å². The zero-order valence-corrected chi connectivity index (χ0v) is 10.7. The number of anilines is 1. The number of pyridine rings is 1. The molecule has 0 radical (unpaired) electrons. The average Bonchev–Trinajstić information content (AvgIpc) is 2.27. The van der Waals surface area contributed by atoms with Crippen LogP contribution >= 0.6 is 0 Å². The fourth-order valence-corrected chi connectivity index (χ4v) is 1.74. The Labute approximate surface area is 105 Å². The van der Waals surface area contributed by atoms with Crippen molar-refractivity contribution in [2.24, 2.45) is 0 Å². The summed E-state index contributed by atoms with van der Waals surface area (Å²) in [5, 5.41) is 20.3. The topological polar surface area (TPSA) is 92.3 Å². The van der Waals surface area contributed by atoms with Crippen molar-refractivity contribution in [3.63, 3.8) is 0 Å². The van der Waals surface area contributed by atoms with E-state index >= 15 is 0 Å². The van der Waals surface area contributed by atoms with Crippen molar-refractivity contribution in [3.8, 4) is 6.07 Å². The first-order chi connectivity index (χ1) is 8.43. The fraction of sp³-hybridized carbons (Fsp3) is 0.455. The normalized spacial score (nSPS) is 9.94. The second kappa shape index (κ2) is 5.42. The van der Waals surface area contributed by atoms with E-state index in [1.807, 2.05) is 6.07 Å². The number of ether oxygens (including phenoxy) is 1.